The maximum atomic E-state index is 14.4. The minimum atomic E-state index is -0.441. The van der Waals surface area contributed by atoms with Crippen molar-refractivity contribution < 1.29 is 13.9 Å². The maximum absolute atomic E-state index is 14.4. The zero-order chi connectivity index (χ0) is 20.5. The molecule has 0 N–H and O–H groups in total. The number of aryl methyl sites for hydroxylation is 3. The van der Waals surface area contributed by atoms with Gasteiger partial charge in [-0.2, -0.15) is 0 Å². The van der Waals surface area contributed by atoms with Gasteiger partial charge in [0.15, 0.2) is 11.6 Å². The highest BCUT2D eigenvalue weighted by Gasteiger charge is 2.28. The zero-order valence-corrected chi connectivity index (χ0v) is 17.2. The summed E-state index contributed by atoms with van der Waals surface area (Å²) in [6.07, 6.45) is 3.29. The van der Waals surface area contributed by atoms with Gasteiger partial charge in [0.25, 0.3) is 5.91 Å². The molecular formula is C22H27FN4O2. The number of piperidine rings is 1. The van der Waals surface area contributed by atoms with Crippen molar-refractivity contribution in [1.82, 2.24) is 14.9 Å². The summed E-state index contributed by atoms with van der Waals surface area (Å²) in [5.41, 5.74) is 2.15. The first-order chi connectivity index (χ1) is 13.9. The predicted molar refractivity (Wildman–Crippen MR) is 109 cm³/mol. The van der Waals surface area contributed by atoms with E-state index < -0.39 is 5.82 Å². The van der Waals surface area contributed by atoms with Gasteiger partial charge < -0.3 is 14.5 Å². The van der Waals surface area contributed by atoms with Crippen LogP contribution < -0.4 is 9.64 Å². The molecule has 7 heteroatoms. The van der Waals surface area contributed by atoms with Gasteiger partial charge >= 0.3 is 0 Å². The molecule has 0 bridgehead atoms. The highest BCUT2D eigenvalue weighted by atomic mass is 19.1. The Hall–Kier alpha value is -2.70. The van der Waals surface area contributed by atoms with Crippen LogP contribution >= 0.6 is 0 Å². The number of nitrogens with zero attached hydrogens (tertiary/aromatic N) is 4. The number of hydrogen-bond acceptors (Lipinski definition) is 5. The first-order valence-electron chi connectivity index (χ1n) is 10.2. The van der Waals surface area contributed by atoms with Gasteiger partial charge in [0.2, 0.25) is 0 Å². The van der Waals surface area contributed by atoms with Crippen molar-refractivity contribution in [3.8, 4) is 5.75 Å². The van der Waals surface area contributed by atoms with E-state index in [1.54, 1.807) is 11.0 Å². The third-order valence-corrected chi connectivity index (χ3v) is 5.81. The van der Waals surface area contributed by atoms with Crippen molar-refractivity contribution in [2.24, 2.45) is 0 Å². The number of carbonyl (C=O) groups excluding carboxylic acids is 1. The summed E-state index contributed by atoms with van der Waals surface area (Å²) in [7, 11) is 1.81. The summed E-state index contributed by atoms with van der Waals surface area (Å²) in [6.45, 7) is 6.05. The van der Waals surface area contributed by atoms with Crippen molar-refractivity contribution in [3.05, 3.63) is 46.7 Å². The molecule has 0 unspecified atom stereocenters. The molecule has 0 aliphatic carbocycles. The van der Waals surface area contributed by atoms with Gasteiger partial charge in [-0.1, -0.05) is 0 Å². The number of aromatic nitrogens is 2. The number of halogens is 1. The van der Waals surface area contributed by atoms with E-state index in [0.717, 1.165) is 61.7 Å². The number of hydrogen-bond donors (Lipinski definition) is 0. The fraction of sp³-hybridized carbons (Fsp3) is 0.500. The number of ether oxygens (including phenoxy) is 1. The molecule has 4 rings (SSSR count). The molecule has 2 aliphatic heterocycles. The Kier molecular flexibility index (Phi) is 5.39. The van der Waals surface area contributed by atoms with Crippen molar-refractivity contribution in [1.29, 1.82) is 0 Å². The van der Waals surface area contributed by atoms with Gasteiger partial charge in [-0.15, -0.1) is 0 Å². The summed E-state index contributed by atoms with van der Waals surface area (Å²) in [4.78, 5) is 25.9. The minimum absolute atomic E-state index is 0.123. The third-order valence-electron chi connectivity index (χ3n) is 5.81. The van der Waals surface area contributed by atoms with Crippen LogP contribution in [0.3, 0.4) is 0 Å². The second-order valence-corrected chi connectivity index (χ2v) is 7.95. The van der Waals surface area contributed by atoms with E-state index in [1.807, 2.05) is 27.0 Å². The lowest BCUT2D eigenvalue weighted by molar-refractivity contribution is 0.0708. The van der Waals surface area contributed by atoms with Crippen LogP contribution in [0.1, 0.15) is 46.7 Å². The summed E-state index contributed by atoms with van der Waals surface area (Å²) in [5.74, 6) is 1.44. The molecule has 0 radical (unpaired) electrons. The summed E-state index contributed by atoms with van der Waals surface area (Å²) in [5, 5.41) is 0. The van der Waals surface area contributed by atoms with Crippen LogP contribution in [0, 0.1) is 19.7 Å². The van der Waals surface area contributed by atoms with Crippen LogP contribution in [0.4, 0.5) is 10.2 Å². The molecule has 6 nitrogen and oxygen atoms in total. The molecule has 0 saturated carbocycles. The van der Waals surface area contributed by atoms with Crippen LogP contribution in [-0.4, -0.2) is 53.6 Å². The molecule has 3 heterocycles. The van der Waals surface area contributed by atoms with Crippen LogP contribution in [-0.2, 0) is 6.42 Å². The Morgan fingerprint density at radius 1 is 1.21 bits per heavy atom. The topological polar surface area (TPSA) is 58.6 Å². The fourth-order valence-corrected chi connectivity index (χ4v) is 4.27. The Morgan fingerprint density at radius 2 is 1.97 bits per heavy atom. The molecule has 29 heavy (non-hydrogen) atoms. The molecule has 154 valence electrons. The van der Waals surface area contributed by atoms with E-state index in [0.29, 0.717) is 17.9 Å². The largest absolute Gasteiger partial charge is 0.490 e. The zero-order valence-electron chi connectivity index (χ0n) is 17.2. The Balaban J connectivity index is 1.43. The van der Waals surface area contributed by atoms with E-state index in [1.165, 1.54) is 6.07 Å². The first-order valence-corrected chi connectivity index (χ1v) is 10.2. The first kappa shape index (κ1) is 19.6. The quantitative estimate of drug-likeness (QED) is 0.794. The highest BCUT2D eigenvalue weighted by Crippen LogP contribution is 2.30. The van der Waals surface area contributed by atoms with Crippen molar-refractivity contribution >= 4 is 11.7 Å². The molecular weight excluding hydrogens is 371 g/mol. The third kappa shape index (κ3) is 4.04. The number of carbonyl (C=O) groups is 1. The van der Waals surface area contributed by atoms with Crippen molar-refractivity contribution in [3.63, 3.8) is 0 Å². The van der Waals surface area contributed by atoms with E-state index in [4.69, 9.17) is 4.74 Å². The predicted octanol–water partition coefficient (Wildman–Crippen LogP) is 3.30. The lowest BCUT2D eigenvalue weighted by Crippen LogP contribution is -2.46. The number of fused-ring (bicyclic) bond motifs is 1. The Labute approximate surface area is 170 Å². The van der Waals surface area contributed by atoms with Gasteiger partial charge in [-0.25, -0.2) is 14.4 Å². The van der Waals surface area contributed by atoms with Crippen LogP contribution in [0.15, 0.2) is 18.2 Å². The molecule has 2 aliphatic rings. The molecule has 0 spiro atoms. The van der Waals surface area contributed by atoms with E-state index in [-0.39, 0.29) is 11.9 Å². The smallest absolute Gasteiger partial charge is 0.253 e. The second kappa shape index (κ2) is 7.97. The number of rotatable bonds is 3. The van der Waals surface area contributed by atoms with E-state index in [9.17, 15) is 9.18 Å². The molecule has 2 aromatic rings. The standard InChI is InChI=1S/C22H27FN4O2/c1-14-11-20(25-15(2)24-14)27-8-6-18(7-9-27)26(3)22(28)17-12-16-5-4-10-29-21(16)19(23)13-17/h11-13,18H,4-10H2,1-3H3. The van der Waals surface area contributed by atoms with Gasteiger partial charge in [0.1, 0.15) is 11.6 Å². The van der Waals surface area contributed by atoms with E-state index >= 15 is 0 Å². The Morgan fingerprint density at radius 3 is 2.69 bits per heavy atom. The lowest BCUT2D eigenvalue weighted by Gasteiger charge is -2.37. The SMILES string of the molecule is Cc1cc(N2CCC(N(C)C(=O)c3cc(F)c4c(c3)CCCO4)CC2)nc(C)n1. The average molecular weight is 398 g/mol. The van der Waals surface area contributed by atoms with Gasteiger partial charge in [-0.3, -0.25) is 4.79 Å². The van der Waals surface area contributed by atoms with Crippen molar-refractivity contribution in [2.75, 3.05) is 31.6 Å². The highest BCUT2D eigenvalue weighted by molar-refractivity contribution is 5.94. The van der Waals surface area contributed by atoms with E-state index in [2.05, 4.69) is 14.9 Å². The molecule has 1 amide bonds. The maximum Gasteiger partial charge on any atom is 0.253 e. The second-order valence-electron chi connectivity index (χ2n) is 7.95. The summed E-state index contributed by atoms with van der Waals surface area (Å²) in [6, 6.07) is 5.22. The number of anilines is 1. The molecule has 0 atom stereocenters. The average Bonchev–Trinajstić information content (AvgIpc) is 2.72. The summed E-state index contributed by atoms with van der Waals surface area (Å²) >= 11 is 0. The number of benzene rings is 1. The molecule has 1 aromatic heterocycles. The lowest BCUT2D eigenvalue weighted by atomic mass is 10.00. The van der Waals surface area contributed by atoms with Crippen LogP contribution in [0.5, 0.6) is 5.75 Å². The van der Waals surface area contributed by atoms with Crippen LogP contribution in [0.2, 0.25) is 0 Å². The molecule has 1 aromatic carbocycles. The van der Waals surface area contributed by atoms with Gasteiger partial charge in [0.05, 0.1) is 6.61 Å². The molecule has 1 fully saturated rings. The van der Waals surface area contributed by atoms with Crippen LogP contribution in [0.25, 0.3) is 0 Å². The number of amides is 1. The fourth-order valence-electron chi connectivity index (χ4n) is 4.27. The Bertz CT molecular complexity index is 905. The minimum Gasteiger partial charge on any atom is -0.490 e. The van der Waals surface area contributed by atoms with Crippen molar-refractivity contribution in [2.45, 2.75) is 45.6 Å². The van der Waals surface area contributed by atoms with Gasteiger partial charge in [0, 0.05) is 43.5 Å². The summed E-state index contributed by atoms with van der Waals surface area (Å²) < 4.78 is 19.8. The molecule has 1 saturated heterocycles. The normalized spacial score (nSPS) is 16.9. The van der Waals surface area contributed by atoms with Gasteiger partial charge in [-0.05, 0) is 57.2 Å². The monoisotopic (exact) mass is 398 g/mol.